The molecule has 0 fully saturated rings. The van der Waals surface area contributed by atoms with E-state index >= 15 is 0 Å². The molecule has 0 radical (unpaired) electrons. The predicted molar refractivity (Wildman–Crippen MR) is 121 cm³/mol. The Balaban J connectivity index is 2.03. The highest BCUT2D eigenvalue weighted by Gasteiger charge is 2.25. The highest BCUT2D eigenvalue weighted by Crippen LogP contribution is 2.19. The van der Waals surface area contributed by atoms with E-state index in [2.05, 4.69) is 18.3 Å². The number of hydrogen-bond donors (Lipinski definition) is 1. The third kappa shape index (κ3) is 7.94. The van der Waals surface area contributed by atoms with E-state index in [1.807, 2.05) is 62.4 Å². The lowest BCUT2D eigenvalue weighted by atomic mass is 10.1. The zero-order valence-corrected chi connectivity index (χ0v) is 18.5. The van der Waals surface area contributed by atoms with E-state index in [1.165, 1.54) is 0 Å². The highest BCUT2D eigenvalue weighted by atomic mass is 32.2. The van der Waals surface area contributed by atoms with E-state index in [0.717, 1.165) is 28.9 Å². The number of aryl methyl sites for hydroxylation is 1. The van der Waals surface area contributed by atoms with Crippen molar-refractivity contribution >= 4 is 23.6 Å². The summed E-state index contributed by atoms with van der Waals surface area (Å²) in [5.74, 6) is 0.611. The minimum atomic E-state index is -0.499. The molecule has 0 heterocycles. The zero-order valence-electron chi connectivity index (χ0n) is 17.7. The van der Waals surface area contributed by atoms with Crippen molar-refractivity contribution in [2.24, 2.45) is 0 Å². The van der Waals surface area contributed by atoms with Crippen LogP contribution < -0.4 is 5.32 Å². The van der Waals surface area contributed by atoms with Gasteiger partial charge in [-0.2, -0.15) is 0 Å². The van der Waals surface area contributed by atoms with Crippen LogP contribution in [0.5, 0.6) is 0 Å². The Bertz CT molecular complexity index is 779. The van der Waals surface area contributed by atoms with Crippen molar-refractivity contribution in [2.45, 2.75) is 57.5 Å². The van der Waals surface area contributed by atoms with Crippen molar-refractivity contribution in [3.63, 3.8) is 0 Å². The van der Waals surface area contributed by atoms with Crippen LogP contribution in [0.25, 0.3) is 0 Å². The second-order valence-corrected chi connectivity index (χ2v) is 8.41. The first-order valence-corrected chi connectivity index (χ1v) is 11.3. The zero-order chi connectivity index (χ0) is 21.1. The highest BCUT2D eigenvalue weighted by molar-refractivity contribution is 7.99. The first kappa shape index (κ1) is 23.0. The number of benzene rings is 2. The Morgan fingerprint density at radius 3 is 2.55 bits per heavy atom. The second kappa shape index (κ2) is 12.3. The lowest BCUT2D eigenvalue weighted by Gasteiger charge is -2.29. The van der Waals surface area contributed by atoms with Gasteiger partial charge >= 0.3 is 0 Å². The number of hydrogen-bond acceptors (Lipinski definition) is 3. The number of amides is 2. The van der Waals surface area contributed by atoms with Crippen LogP contribution in [0.4, 0.5) is 0 Å². The van der Waals surface area contributed by atoms with Crippen molar-refractivity contribution in [3.05, 3.63) is 65.7 Å². The Morgan fingerprint density at radius 2 is 1.86 bits per heavy atom. The van der Waals surface area contributed by atoms with Crippen molar-refractivity contribution < 1.29 is 9.59 Å². The summed E-state index contributed by atoms with van der Waals surface area (Å²) in [6, 6.07) is 17.7. The molecule has 0 unspecified atom stereocenters. The summed E-state index contributed by atoms with van der Waals surface area (Å²) >= 11 is 1.66. The number of carbonyl (C=O) groups is 2. The van der Waals surface area contributed by atoms with Crippen LogP contribution in [0.15, 0.2) is 59.5 Å². The van der Waals surface area contributed by atoms with Gasteiger partial charge in [-0.25, -0.2) is 0 Å². The molecule has 2 rings (SSSR count). The first-order chi connectivity index (χ1) is 14.0. The SMILES string of the molecule is CCCCNC(=O)[C@@H](C)N(Cc1cccc(C)c1)C(=O)CCSc1ccccc1. The number of nitrogens with zero attached hydrogens (tertiary/aromatic N) is 1. The molecule has 2 aromatic carbocycles. The van der Waals surface area contributed by atoms with Crippen LogP contribution in [-0.2, 0) is 16.1 Å². The molecule has 0 spiro atoms. The van der Waals surface area contributed by atoms with Crippen LogP contribution >= 0.6 is 11.8 Å². The lowest BCUT2D eigenvalue weighted by molar-refractivity contribution is -0.140. The van der Waals surface area contributed by atoms with Crippen LogP contribution in [0.1, 0.15) is 44.2 Å². The maximum atomic E-state index is 13.0. The van der Waals surface area contributed by atoms with E-state index < -0.39 is 6.04 Å². The molecule has 0 aliphatic heterocycles. The summed E-state index contributed by atoms with van der Waals surface area (Å²) in [5.41, 5.74) is 2.19. The summed E-state index contributed by atoms with van der Waals surface area (Å²) in [6.45, 7) is 7.04. The minimum Gasteiger partial charge on any atom is -0.354 e. The molecule has 1 atom stereocenters. The van der Waals surface area contributed by atoms with Gasteiger partial charge in [0.25, 0.3) is 0 Å². The van der Waals surface area contributed by atoms with Crippen LogP contribution in [0.3, 0.4) is 0 Å². The van der Waals surface area contributed by atoms with Gasteiger partial charge < -0.3 is 10.2 Å². The van der Waals surface area contributed by atoms with Gasteiger partial charge in [-0.3, -0.25) is 9.59 Å². The van der Waals surface area contributed by atoms with E-state index in [0.29, 0.717) is 25.3 Å². The molecular weight excluding hydrogens is 380 g/mol. The summed E-state index contributed by atoms with van der Waals surface area (Å²) in [5, 5.41) is 2.96. The fraction of sp³-hybridized carbons (Fsp3) is 0.417. The molecule has 29 heavy (non-hydrogen) atoms. The molecule has 0 aliphatic carbocycles. The van der Waals surface area contributed by atoms with Gasteiger partial charge in [0.1, 0.15) is 6.04 Å². The molecule has 0 bridgehead atoms. The molecule has 0 saturated heterocycles. The van der Waals surface area contributed by atoms with Crippen molar-refractivity contribution in [1.29, 1.82) is 0 Å². The second-order valence-electron chi connectivity index (χ2n) is 7.24. The van der Waals surface area contributed by atoms with Gasteiger partial charge in [0.2, 0.25) is 11.8 Å². The van der Waals surface area contributed by atoms with E-state index in [1.54, 1.807) is 16.7 Å². The fourth-order valence-electron chi connectivity index (χ4n) is 3.04. The molecule has 156 valence electrons. The largest absolute Gasteiger partial charge is 0.354 e. The third-order valence-electron chi connectivity index (χ3n) is 4.76. The van der Waals surface area contributed by atoms with Gasteiger partial charge in [-0.1, -0.05) is 61.4 Å². The fourth-order valence-corrected chi connectivity index (χ4v) is 3.90. The maximum absolute atomic E-state index is 13.0. The molecular formula is C24H32N2O2S. The average molecular weight is 413 g/mol. The summed E-state index contributed by atoms with van der Waals surface area (Å²) < 4.78 is 0. The average Bonchev–Trinajstić information content (AvgIpc) is 2.72. The molecule has 0 aromatic heterocycles. The van der Waals surface area contributed by atoms with Gasteiger partial charge in [0, 0.05) is 30.2 Å². The van der Waals surface area contributed by atoms with E-state index in [4.69, 9.17) is 0 Å². The van der Waals surface area contributed by atoms with E-state index in [-0.39, 0.29) is 11.8 Å². The molecule has 1 N–H and O–H groups in total. The number of unbranched alkanes of at least 4 members (excludes halogenated alkanes) is 1. The van der Waals surface area contributed by atoms with Gasteiger partial charge in [-0.05, 0) is 38.0 Å². The molecule has 5 heteroatoms. The Morgan fingerprint density at radius 1 is 1.10 bits per heavy atom. The van der Waals surface area contributed by atoms with Crippen molar-refractivity contribution in [3.8, 4) is 0 Å². The third-order valence-corrected chi connectivity index (χ3v) is 5.77. The lowest BCUT2D eigenvalue weighted by Crippen LogP contribution is -2.47. The summed E-state index contributed by atoms with van der Waals surface area (Å²) in [4.78, 5) is 28.5. The quantitative estimate of drug-likeness (QED) is 0.426. The Labute approximate surface area is 179 Å². The van der Waals surface area contributed by atoms with E-state index in [9.17, 15) is 9.59 Å². The standard InChI is InChI=1S/C24H32N2O2S/c1-4-5-15-25-24(28)20(3)26(18-21-11-9-10-19(2)17-21)23(27)14-16-29-22-12-7-6-8-13-22/h6-13,17,20H,4-5,14-16,18H2,1-3H3,(H,25,28)/t20-/m1/s1. The Hall–Kier alpha value is -2.27. The monoisotopic (exact) mass is 412 g/mol. The number of thioether (sulfide) groups is 1. The smallest absolute Gasteiger partial charge is 0.242 e. The van der Waals surface area contributed by atoms with Crippen LogP contribution in [-0.4, -0.2) is 35.1 Å². The first-order valence-electron chi connectivity index (χ1n) is 10.3. The molecule has 0 aliphatic rings. The van der Waals surface area contributed by atoms with Crippen molar-refractivity contribution in [1.82, 2.24) is 10.2 Å². The topological polar surface area (TPSA) is 49.4 Å². The number of carbonyl (C=O) groups excluding carboxylic acids is 2. The van der Waals surface area contributed by atoms with Crippen molar-refractivity contribution in [2.75, 3.05) is 12.3 Å². The molecule has 0 saturated carbocycles. The molecule has 2 amide bonds. The predicted octanol–water partition coefficient (Wildman–Crippen LogP) is 4.81. The summed E-state index contributed by atoms with van der Waals surface area (Å²) in [7, 11) is 0. The molecule has 2 aromatic rings. The van der Waals surface area contributed by atoms with Gasteiger partial charge in [0.05, 0.1) is 0 Å². The molecule has 4 nitrogen and oxygen atoms in total. The Kier molecular flexibility index (Phi) is 9.78. The van der Waals surface area contributed by atoms with Crippen LogP contribution in [0, 0.1) is 6.92 Å². The minimum absolute atomic E-state index is 0.00748. The van der Waals surface area contributed by atoms with Gasteiger partial charge in [-0.15, -0.1) is 11.8 Å². The maximum Gasteiger partial charge on any atom is 0.242 e. The summed E-state index contributed by atoms with van der Waals surface area (Å²) in [6.07, 6.45) is 2.37. The van der Waals surface area contributed by atoms with Gasteiger partial charge in [0.15, 0.2) is 0 Å². The van der Waals surface area contributed by atoms with Crippen LogP contribution in [0.2, 0.25) is 0 Å². The number of rotatable bonds is 11. The number of nitrogens with one attached hydrogen (secondary N) is 1. The normalized spacial score (nSPS) is 11.7.